The summed E-state index contributed by atoms with van der Waals surface area (Å²) in [6.07, 6.45) is 4.36. The van der Waals surface area contributed by atoms with Crippen molar-refractivity contribution in [2.75, 3.05) is 5.73 Å². The van der Waals surface area contributed by atoms with E-state index in [0.717, 1.165) is 17.3 Å². The first-order valence-corrected chi connectivity index (χ1v) is 4.97. The molecule has 0 aromatic carbocycles. The zero-order chi connectivity index (χ0) is 11.5. The number of pyridine rings is 2. The second-order valence-electron chi connectivity index (χ2n) is 3.18. The Bertz CT molecular complexity index is 539. The van der Waals surface area contributed by atoms with Gasteiger partial charge in [0.15, 0.2) is 0 Å². The van der Waals surface area contributed by atoms with Crippen LogP contribution in [0.1, 0.15) is 5.69 Å². The smallest absolute Gasteiger partial charge is 0.136 e. The van der Waals surface area contributed by atoms with Crippen LogP contribution in [0.2, 0.25) is 5.15 Å². The van der Waals surface area contributed by atoms with Crippen molar-refractivity contribution in [1.29, 1.82) is 5.41 Å². The van der Waals surface area contributed by atoms with E-state index in [-0.39, 0.29) is 0 Å². The zero-order valence-corrected chi connectivity index (χ0v) is 9.07. The van der Waals surface area contributed by atoms with Gasteiger partial charge in [0.05, 0.1) is 5.69 Å². The molecule has 2 heterocycles. The lowest BCUT2D eigenvalue weighted by atomic mass is 10.1. The zero-order valence-electron chi connectivity index (χ0n) is 8.31. The number of nitrogens with two attached hydrogens (primary N) is 1. The summed E-state index contributed by atoms with van der Waals surface area (Å²) in [5.41, 5.74) is 8.21. The number of aromatic nitrogens is 2. The lowest BCUT2D eigenvalue weighted by Crippen LogP contribution is -1.97. The minimum absolute atomic E-state index is 0.409. The first-order valence-electron chi connectivity index (χ1n) is 4.59. The van der Waals surface area contributed by atoms with E-state index in [1.165, 1.54) is 0 Å². The van der Waals surface area contributed by atoms with Crippen LogP contribution in [0.25, 0.3) is 11.1 Å². The van der Waals surface area contributed by atoms with Crippen molar-refractivity contribution in [3.05, 3.63) is 41.4 Å². The van der Waals surface area contributed by atoms with Crippen molar-refractivity contribution in [1.82, 2.24) is 9.97 Å². The molecule has 2 aromatic rings. The summed E-state index contributed by atoms with van der Waals surface area (Å²) >= 11 is 5.96. The molecule has 0 fully saturated rings. The number of hydrogen-bond donors (Lipinski definition) is 2. The van der Waals surface area contributed by atoms with E-state index in [1.807, 2.05) is 6.07 Å². The lowest BCUT2D eigenvalue weighted by molar-refractivity contribution is 1.28. The molecular formula is C11H9ClN4. The monoisotopic (exact) mass is 232 g/mol. The second-order valence-corrected chi connectivity index (χ2v) is 3.54. The first-order chi connectivity index (χ1) is 7.72. The highest BCUT2D eigenvalue weighted by atomic mass is 35.5. The van der Waals surface area contributed by atoms with Crippen molar-refractivity contribution in [3.63, 3.8) is 0 Å². The quantitative estimate of drug-likeness (QED) is 0.617. The Kier molecular flexibility index (Phi) is 2.83. The molecule has 3 N–H and O–H groups in total. The van der Waals surface area contributed by atoms with Crippen LogP contribution in [0.5, 0.6) is 0 Å². The van der Waals surface area contributed by atoms with Crippen molar-refractivity contribution in [2.45, 2.75) is 0 Å². The number of nitrogens with one attached hydrogen (secondary N) is 1. The number of hydrogen-bond acceptors (Lipinski definition) is 4. The largest absolute Gasteiger partial charge is 0.397 e. The Morgan fingerprint density at radius 1 is 1.38 bits per heavy atom. The molecule has 2 aromatic heterocycles. The molecule has 4 nitrogen and oxygen atoms in total. The second kappa shape index (κ2) is 4.28. The molecule has 0 radical (unpaired) electrons. The Morgan fingerprint density at radius 2 is 2.19 bits per heavy atom. The third-order valence-electron chi connectivity index (χ3n) is 2.16. The number of nitrogens with zero attached hydrogens (tertiary/aromatic N) is 2. The molecule has 0 bridgehead atoms. The van der Waals surface area contributed by atoms with Crippen LogP contribution in [-0.2, 0) is 0 Å². The third kappa shape index (κ3) is 1.87. The molecule has 0 amide bonds. The van der Waals surface area contributed by atoms with Gasteiger partial charge in [-0.1, -0.05) is 11.6 Å². The topological polar surface area (TPSA) is 75.7 Å². The Morgan fingerprint density at radius 3 is 2.81 bits per heavy atom. The maximum absolute atomic E-state index is 7.10. The van der Waals surface area contributed by atoms with E-state index in [4.69, 9.17) is 22.7 Å². The average molecular weight is 233 g/mol. The highest BCUT2D eigenvalue weighted by Gasteiger charge is 2.06. The standard InChI is InChI=1S/C11H9ClN4/c12-11-8(2-1-3-15-11)7-4-9(14)10(5-13)16-6-7/h1-6,13H,14H2. The van der Waals surface area contributed by atoms with Gasteiger partial charge in [0.2, 0.25) is 0 Å². The summed E-state index contributed by atoms with van der Waals surface area (Å²) < 4.78 is 0. The van der Waals surface area contributed by atoms with Crippen molar-refractivity contribution < 1.29 is 0 Å². The molecule has 0 saturated carbocycles. The van der Waals surface area contributed by atoms with Crippen molar-refractivity contribution in [2.24, 2.45) is 0 Å². The van der Waals surface area contributed by atoms with Gasteiger partial charge in [-0.05, 0) is 18.2 Å². The van der Waals surface area contributed by atoms with Gasteiger partial charge in [-0.15, -0.1) is 0 Å². The fraction of sp³-hybridized carbons (Fsp3) is 0. The fourth-order valence-electron chi connectivity index (χ4n) is 1.36. The first kappa shape index (κ1) is 10.6. The van der Waals surface area contributed by atoms with Crippen molar-refractivity contribution >= 4 is 23.5 Å². The molecular weight excluding hydrogens is 224 g/mol. The molecule has 0 saturated heterocycles. The van der Waals surface area contributed by atoms with Gasteiger partial charge in [0, 0.05) is 29.7 Å². The average Bonchev–Trinajstić information content (AvgIpc) is 2.29. The highest BCUT2D eigenvalue weighted by Crippen LogP contribution is 2.26. The van der Waals surface area contributed by atoms with E-state index in [1.54, 1.807) is 24.5 Å². The van der Waals surface area contributed by atoms with Gasteiger partial charge in [0.25, 0.3) is 0 Å². The maximum Gasteiger partial charge on any atom is 0.136 e. The van der Waals surface area contributed by atoms with Crippen LogP contribution < -0.4 is 5.73 Å². The van der Waals surface area contributed by atoms with E-state index in [2.05, 4.69) is 9.97 Å². The number of halogens is 1. The van der Waals surface area contributed by atoms with Crippen LogP contribution in [-0.4, -0.2) is 16.2 Å². The summed E-state index contributed by atoms with van der Waals surface area (Å²) in [6.45, 7) is 0. The molecule has 0 aliphatic rings. The number of rotatable bonds is 2. The predicted molar refractivity (Wildman–Crippen MR) is 64.8 cm³/mol. The van der Waals surface area contributed by atoms with E-state index in [9.17, 15) is 0 Å². The van der Waals surface area contributed by atoms with Crippen molar-refractivity contribution in [3.8, 4) is 11.1 Å². The Labute approximate surface area is 97.6 Å². The molecule has 0 aliphatic carbocycles. The molecule has 16 heavy (non-hydrogen) atoms. The molecule has 5 heteroatoms. The van der Waals surface area contributed by atoms with Gasteiger partial charge in [0.1, 0.15) is 10.8 Å². The third-order valence-corrected chi connectivity index (χ3v) is 2.46. The van der Waals surface area contributed by atoms with Gasteiger partial charge in [-0.2, -0.15) is 0 Å². The summed E-state index contributed by atoms with van der Waals surface area (Å²) in [6, 6.07) is 5.37. The SMILES string of the molecule is N=Cc1ncc(-c2cccnc2Cl)cc1N. The number of nitrogen functional groups attached to an aromatic ring is 1. The van der Waals surface area contributed by atoms with Gasteiger partial charge in [-0.25, -0.2) is 4.98 Å². The van der Waals surface area contributed by atoms with E-state index >= 15 is 0 Å². The summed E-state index contributed by atoms with van der Waals surface area (Å²) in [7, 11) is 0. The fourth-order valence-corrected chi connectivity index (χ4v) is 1.59. The Hall–Kier alpha value is -1.94. The summed E-state index contributed by atoms with van der Waals surface area (Å²) in [5, 5.41) is 7.50. The Balaban J connectivity index is 2.54. The van der Waals surface area contributed by atoms with E-state index < -0.39 is 0 Å². The maximum atomic E-state index is 7.10. The number of anilines is 1. The van der Waals surface area contributed by atoms with Crippen LogP contribution in [0.4, 0.5) is 5.69 Å². The molecule has 0 spiro atoms. The molecule has 2 rings (SSSR count). The molecule has 0 atom stereocenters. The predicted octanol–water partition coefficient (Wildman–Crippen LogP) is 2.38. The molecule has 0 unspecified atom stereocenters. The molecule has 0 aliphatic heterocycles. The summed E-state index contributed by atoms with van der Waals surface area (Å²) in [4.78, 5) is 8.04. The minimum atomic E-state index is 0.409. The van der Waals surface area contributed by atoms with Gasteiger partial charge in [-0.3, -0.25) is 4.98 Å². The molecule has 80 valence electrons. The van der Waals surface area contributed by atoms with Crippen LogP contribution in [0, 0.1) is 5.41 Å². The van der Waals surface area contributed by atoms with Gasteiger partial charge < -0.3 is 11.1 Å². The minimum Gasteiger partial charge on any atom is -0.397 e. The normalized spacial score (nSPS) is 10.1. The summed E-state index contributed by atoms with van der Waals surface area (Å²) in [5.74, 6) is 0. The highest BCUT2D eigenvalue weighted by molar-refractivity contribution is 6.32. The van der Waals surface area contributed by atoms with Crippen LogP contribution in [0.15, 0.2) is 30.6 Å². The van der Waals surface area contributed by atoms with Crippen LogP contribution >= 0.6 is 11.6 Å². The van der Waals surface area contributed by atoms with E-state index in [0.29, 0.717) is 16.5 Å². The lowest BCUT2D eigenvalue weighted by Gasteiger charge is -2.05. The van der Waals surface area contributed by atoms with Crippen LogP contribution in [0.3, 0.4) is 0 Å². The van der Waals surface area contributed by atoms with Gasteiger partial charge >= 0.3 is 0 Å².